The molecule has 210 valence electrons. The molecule has 0 atom stereocenters. The number of hydrogen-bond donors (Lipinski definition) is 2. The minimum atomic E-state index is -0.526. The quantitative estimate of drug-likeness (QED) is 0.212. The van der Waals surface area contributed by atoms with Gasteiger partial charge in [-0.1, -0.05) is 11.6 Å². The van der Waals surface area contributed by atoms with E-state index >= 15 is 0 Å². The van der Waals surface area contributed by atoms with Crippen LogP contribution in [0.15, 0.2) is 45.6 Å². The number of aromatic amines is 1. The zero-order valence-corrected chi connectivity index (χ0v) is 23.3. The average molecular weight is 567 g/mol. The molecule has 0 unspecified atom stereocenters. The highest BCUT2D eigenvalue weighted by atomic mass is 35.5. The molecule has 1 amide bonds. The Balaban J connectivity index is 1.23. The van der Waals surface area contributed by atoms with Gasteiger partial charge >= 0.3 is 5.76 Å². The van der Waals surface area contributed by atoms with Crippen LogP contribution in [0, 0.1) is 6.92 Å². The zero-order valence-electron chi connectivity index (χ0n) is 22.6. The van der Waals surface area contributed by atoms with Gasteiger partial charge in [-0.3, -0.25) is 9.78 Å². The maximum Gasteiger partial charge on any atom is 0.417 e. The topological polar surface area (TPSA) is 126 Å². The maximum atomic E-state index is 12.0. The van der Waals surface area contributed by atoms with Crippen LogP contribution in [0.2, 0.25) is 5.15 Å². The van der Waals surface area contributed by atoms with E-state index in [1.807, 2.05) is 42.0 Å². The number of halogens is 1. The number of amides is 1. The van der Waals surface area contributed by atoms with E-state index in [9.17, 15) is 9.59 Å². The summed E-state index contributed by atoms with van der Waals surface area (Å²) >= 11 is 6.32. The Labute approximate surface area is 236 Å². The number of aryl methyl sites for hydroxylation is 1. The van der Waals surface area contributed by atoms with Gasteiger partial charge in [0, 0.05) is 50.5 Å². The minimum Gasteiger partial charge on any atom is -0.497 e. The van der Waals surface area contributed by atoms with Crippen molar-refractivity contribution in [3.8, 4) is 17.4 Å². The van der Waals surface area contributed by atoms with Crippen molar-refractivity contribution in [1.29, 1.82) is 0 Å². The number of methoxy groups -OCH3 is 1. The smallest absolute Gasteiger partial charge is 0.417 e. The summed E-state index contributed by atoms with van der Waals surface area (Å²) in [5.41, 5.74) is 3.94. The number of nitrogens with one attached hydrogen (secondary N) is 2. The molecule has 4 aromatic rings. The van der Waals surface area contributed by atoms with Crippen molar-refractivity contribution in [2.24, 2.45) is 0 Å². The number of piperidine rings is 1. The molecule has 3 heterocycles. The number of carbonyl (C=O) groups is 1. The van der Waals surface area contributed by atoms with Crippen LogP contribution >= 0.6 is 11.6 Å². The summed E-state index contributed by atoms with van der Waals surface area (Å²) in [6, 6.07) is 11.0. The number of rotatable bonds is 10. The molecule has 2 aromatic carbocycles. The van der Waals surface area contributed by atoms with Crippen molar-refractivity contribution >= 4 is 40.7 Å². The molecule has 0 aliphatic carbocycles. The molecule has 0 radical (unpaired) electrons. The summed E-state index contributed by atoms with van der Waals surface area (Å²) in [7, 11) is 3.53. The van der Waals surface area contributed by atoms with E-state index in [1.54, 1.807) is 19.2 Å². The Morgan fingerprint density at radius 1 is 1.20 bits per heavy atom. The SMILES string of the molecule is CNc1ccc(OC)cc1CCN(C=O)C1CCN(c2nc(Cl)cc(Oc3cc(C)c4[nH]c(=O)oc4c3)n2)CC1. The van der Waals surface area contributed by atoms with Crippen molar-refractivity contribution in [3.05, 3.63) is 63.2 Å². The van der Waals surface area contributed by atoms with Gasteiger partial charge in [0.05, 0.1) is 12.6 Å². The fourth-order valence-electron chi connectivity index (χ4n) is 5.07. The highest BCUT2D eigenvalue weighted by Crippen LogP contribution is 2.30. The summed E-state index contributed by atoms with van der Waals surface area (Å²) in [4.78, 5) is 39.1. The van der Waals surface area contributed by atoms with E-state index in [0.717, 1.165) is 41.8 Å². The lowest BCUT2D eigenvalue weighted by molar-refractivity contribution is -0.120. The lowest BCUT2D eigenvalue weighted by atomic mass is 10.0. The van der Waals surface area contributed by atoms with Crippen LogP contribution in [-0.2, 0) is 11.2 Å². The van der Waals surface area contributed by atoms with Crippen LogP contribution in [0.5, 0.6) is 17.4 Å². The van der Waals surface area contributed by atoms with Crippen molar-refractivity contribution in [2.75, 3.05) is 44.0 Å². The Morgan fingerprint density at radius 3 is 2.73 bits per heavy atom. The molecule has 0 spiro atoms. The first-order chi connectivity index (χ1) is 19.4. The van der Waals surface area contributed by atoms with Crippen molar-refractivity contribution < 1.29 is 18.7 Å². The number of nitrogens with zero attached hydrogens (tertiary/aromatic N) is 4. The fourth-order valence-corrected chi connectivity index (χ4v) is 5.24. The predicted octanol–water partition coefficient (Wildman–Crippen LogP) is 4.39. The van der Waals surface area contributed by atoms with Crippen molar-refractivity contribution in [3.63, 3.8) is 0 Å². The normalized spacial score (nSPS) is 13.8. The van der Waals surface area contributed by atoms with Gasteiger partial charge < -0.3 is 29.0 Å². The summed E-state index contributed by atoms with van der Waals surface area (Å²) in [5, 5.41) is 3.46. The molecule has 11 nitrogen and oxygen atoms in total. The zero-order chi connectivity index (χ0) is 28.2. The van der Waals surface area contributed by atoms with Crippen LogP contribution < -0.4 is 25.4 Å². The Bertz CT molecular complexity index is 1560. The molecule has 1 fully saturated rings. The largest absolute Gasteiger partial charge is 0.497 e. The molecule has 0 saturated carbocycles. The van der Waals surface area contributed by atoms with Crippen LogP contribution in [-0.4, -0.2) is 66.1 Å². The first-order valence-electron chi connectivity index (χ1n) is 13.0. The molecule has 1 aliphatic heterocycles. The molecule has 40 heavy (non-hydrogen) atoms. The second kappa shape index (κ2) is 11.9. The van der Waals surface area contributed by atoms with Gasteiger partial charge in [0.25, 0.3) is 0 Å². The van der Waals surface area contributed by atoms with Crippen LogP contribution in [0.4, 0.5) is 11.6 Å². The monoisotopic (exact) mass is 566 g/mol. The van der Waals surface area contributed by atoms with Gasteiger partial charge in [-0.05, 0) is 61.6 Å². The van der Waals surface area contributed by atoms with Crippen molar-refractivity contribution in [2.45, 2.75) is 32.2 Å². The third-order valence-electron chi connectivity index (χ3n) is 7.16. The lowest BCUT2D eigenvalue weighted by Gasteiger charge is -2.37. The first kappa shape index (κ1) is 27.3. The predicted molar refractivity (Wildman–Crippen MR) is 153 cm³/mol. The molecule has 1 saturated heterocycles. The van der Waals surface area contributed by atoms with Gasteiger partial charge in [0.2, 0.25) is 18.2 Å². The van der Waals surface area contributed by atoms with Crippen LogP contribution in [0.1, 0.15) is 24.0 Å². The van der Waals surface area contributed by atoms with Crippen molar-refractivity contribution in [1.82, 2.24) is 19.9 Å². The molecule has 5 rings (SSSR count). The first-order valence-corrected chi connectivity index (χ1v) is 13.4. The molecule has 12 heteroatoms. The second-order valence-corrected chi connectivity index (χ2v) is 10.0. The number of hydrogen-bond acceptors (Lipinski definition) is 9. The van der Waals surface area contributed by atoms with Gasteiger partial charge in [0.15, 0.2) is 5.58 Å². The lowest BCUT2D eigenvalue weighted by Crippen LogP contribution is -2.45. The molecular formula is C28H31ClN6O5. The molecular weight excluding hydrogens is 536 g/mol. The summed E-state index contributed by atoms with van der Waals surface area (Å²) in [6.45, 7) is 3.78. The number of oxazole rings is 1. The van der Waals surface area contributed by atoms with E-state index in [1.165, 1.54) is 6.07 Å². The molecule has 2 aromatic heterocycles. The molecule has 2 N–H and O–H groups in total. The third-order valence-corrected chi connectivity index (χ3v) is 7.35. The minimum absolute atomic E-state index is 0.109. The third kappa shape index (κ3) is 5.99. The van der Waals surface area contributed by atoms with Gasteiger partial charge in [0.1, 0.15) is 16.7 Å². The number of benzene rings is 2. The Hall–Kier alpha value is -4.25. The van der Waals surface area contributed by atoms with E-state index in [2.05, 4.69) is 20.3 Å². The van der Waals surface area contributed by atoms with Crippen LogP contribution in [0.25, 0.3) is 11.1 Å². The second-order valence-electron chi connectivity index (χ2n) is 9.64. The molecule has 0 bridgehead atoms. The van der Waals surface area contributed by atoms with Gasteiger partial charge in [-0.25, -0.2) is 9.78 Å². The van der Waals surface area contributed by atoms with E-state index in [4.69, 9.17) is 25.5 Å². The standard InChI is InChI=1S/C28H31ClN6O5/c1-17-12-21(14-23-26(17)33-28(37)40-23)39-25-15-24(29)31-27(32-25)34-10-7-19(8-11-34)35(16-36)9-6-18-13-20(38-3)4-5-22(18)30-2/h4-5,12-16,19,30H,6-11H2,1-3H3,(H,33,37). The number of anilines is 2. The number of carbonyl (C=O) groups excluding carboxylic acids is 1. The number of H-pyrrole nitrogens is 1. The Morgan fingerprint density at radius 2 is 2.00 bits per heavy atom. The van der Waals surface area contributed by atoms with E-state index in [-0.39, 0.29) is 17.1 Å². The Kier molecular flexibility index (Phi) is 8.11. The average Bonchev–Trinajstić information content (AvgIpc) is 3.34. The highest BCUT2D eigenvalue weighted by molar-refractivity contribution is 6.29. The van der Waals surface area contributed by atoms with E-state index < -0.39 is 5.76 Å². The maximum absolute atomic E-state index is 12.0. The van der Waals surface area contributed by atoms with Gasteiger partial charge in [-0.2, -0.15) is 4.98 Å². The summed E-state index contributed by atoms with van der Waals surface area (Å²) in [5.74, 6) is 1.46. The summed E-state index contributed by atoms with van der Waals surface area (Å²) < 4.78 is 16.5. The number of fused-ring (bicyclic) bond motifs is 1. The van der Waals surface area contributed by atoms with Gasteiger partial charge in [-0.15, -0.1) is 0 Å². The number of ether oxygens (including phenoxy) is 2. The fraction of sp³-hybridized carbons (Fsp3) is 0.357. The molecule has 1 aliphatic rings. The highest BCUT2D eigenvalue weighted by Gasteiger charge is 2.26. The summed E-state index contributed by atoms with van der Waals surface area (Å²) in [6.07, 6.45) is 3.18. The van der Waals surface area contributed by atoms with Crippen LogP contribution in [0.3, 0.4) is 0 Å². The number of aromatic nitrogens is 3. The van der Waals surface area contributed by atoms with E-state index in [0.29, 0.717) is 48.9 Å².